The fourth-order valence-corrected chi connectivity index (χ4v) is 1.72. The third-order valence-corrected chi connectivity index (χ3v) is 2.38. The van der Waals surface area contributed by atoms with Crippen molar-refractivity contribution in [1.82, 2.24) is 0 Å². The van der Waals surface area contributed by atoms with E-state index in [-0.39, 0.29) is 0 Å². The molecule has 2 heteroatoms. The highest BCUT2D eigenvalue weighted by molar-refractivity contribution is 5.79. The van der Waals surface area contributed by atoms with Crippen LogP contribution in [0.1, 0.15) is 32.6 Å². The minimum absolute atomic E-state index is 0.392. The fraction of sp³-hybridized carbons (Fsp3) is 0.875. The Morgan fingerprint density at radius 2 is 2.20 bits per heavy atom. The van der Waals surface area contributed by atoms with E-state index < -0.39 is 0 Å². The van der Waals surface area contributed by atoms with Crippen LogP contribution < -0.4 is 5.73 Å². The highest BCUT2D eigenvalue weighted by Crippen LogP contribution is 2.27. The van der Waals surface area contributed by atoms with Crippen LogP contribution in [0, 0.1) is 17.2 Å². The molecule has 1 fully saturated rings. The molecular formula is C8H16N2. The molecule has 0 heterocycles. The molecule has 10 heavy (non-hydrogen) atoms. The monoisotopic (exact) mass is 140 g/mol. The van der Waals surface area contributed by atoms with Crippen LogP contribution in [0.3, 0.4) is 0 Å². The molecule has 0 aliphatic heterocycles. The molecule has 0 bridgehead atoms. The van der Waals surface area contributed by atoms with Gasteiger partial charge in [-0.25, -0.2) is 0 Å². The number of nitrogens with one attached hydrogen (secondary N) is 1. The maximum Gasteiger partial charge on any atom is 0.0937 e. The standard InChI is InChI=1S/C8H16N2/c1-6-3-2-4-7(5-6)8(9)10/h6-7H,2-5H2,1H3,(H3,9,10). The Morgan fingerprint density at radius 3 is 2.60 bits per heavy atom. The van der Waals surface area contributed by atoms with Crippen LogP contribution in [0.5, 0.6) is 0 Å². The molecule has 0 amide bonds. The van der Waals surface area contributed by atoms with Crippen LogP contribution in [0.2, 0.25) is 0 Å². The lowest BCUT2D eigenvalue weighted by Gasteiger charge is -2.25. The van der Waals surface area contributed by atoms with Crippen LogP contribution in [0.25, 0.3) is 0 Å². The van der Waals surface area contributed by atoms with Crippen molar-refractivity contribution in [3.8, 4) is 0 Å². The van der Waals surface area contributed by atoms with E-state index in [9.17, 15) is 0 Å². The smallest absolute Gasteiger partial charge is 0.0937 e. The zero-order valence-electron chi connectivity index (χ0n) is 6.56. The molecule has 0 radical (unpaired) electrons. The zero-order chi connectivity index (χ0) is 7.56. The molecule has 2 atom stereocenters. The van der Waals surface area contributed by atoms with Crippen molar-refractivity contribution in [2.24, 2.45) is 17.6 Å². The van der Waals surface area contributed by atoms with Crippen molar-refractivity contribution in [3.63, 3.8) is 0 Å². The molecule has 1 saturated carbocycles. The van der Waals surface area contributed by atoms with Crippen molar-refractivity contribution in [2.45, 2.75) is 32.6 Å². The lowest BCUT2D eigenvalue weighted by molar-refractivity contribution is 0.337. The van der Waals surface area contributed by atoms with E-state index in [4.69, 9.17) is 11.1 Å². The summed E-state index contributed by atoms with van der Waals surface area (Å²) in [5.74, 6) is 1.57. The van der Waals surface area contributed by atoms with Gasteiger partial charge >= 0.3 is 0 Å². The molecule has 3 N–H and O–H groups in total. The Kier molecular flexibility index (Phi) is 2.30. The second-order valence-electron chi connectivity index (χ2n) is 3.42. The fourth-order valence-electron chi connectivity index (χ4n) is 1.72. The van der Waals surface area contributed by atoms with Gasteiger partial charge in [0.1, 0.15) is 0 Å². The Labute approximate surface area is 62.3 Å². The maximum atomic E-state index is 7.26. The van der Waals surface area contributed by atoms with Gasteiger partial charge in [-0.2, -0.15) is 0 Å². The molecule has 0 aromatic rings. The third-order valence-electron chi connectivity index (χ3n) is 2.38. The van der Waals surface area contributed by atoms with Crippen LogP contribution in [-0.4, -0.2) is 5.84 Å². The van der Waals surface area contributed by atoms with Crippen LogP contribution in [-0.2, 0) is 0 Å². The van der Waals surface area contributed by atoms with Gasteiger partial charge in [-0.15, -0.1) is 0 Å². The van der Waals surface area contributed by atoms with Gasteiger partial charge in [0.25, 0.3) is 0 Å². The summed E-state index contributed by atoms with van der Waals surface area (Å²) < 4.78 is 0. The number of hydrogen-bond donors (Lipinski definition) is 2. The Morgan fingerprint density at radius 1 is 1.50 bits per heavy atom. The largest absolute Gasteiger partial charge is 0.387 e. The van der Waals surface area contributed by atoms with E-state index in [0.29, 0.717) is 11.8 Å². The van der Waals surface area contributed by atoms with E-state index in [0.717, 1.165) is 18.8 Å². The molecule has 0 aromatic heterocycles. The van der Waals surface area contributed by atoms with Crippen molar-refractivity contribution < 1.29 is 0 Å². The van der Waals surface area contributed by atoms with E-state index in [1.807, 2.05) is 0 Å². The second-order valence-corrected chi connectivity index (χ2v) is 3.42. The number of hydrogen-bond acceptors (Lipinski definition) is 1. The summed E-state index contributed by atoms with van der Waals surface area (Å²) in [5.41, 5.74) is 5.41. The van der Waals surface area contributed by atoms with Gasteiger partial charge in [-0.1, -0.05) is 19.8 Å². The Hall–Kier alpha value is -0.530. The van der Waals surface area contributed by atoms with Gasteiger partial charge in [-0.05, 0) is 18.8 Å². The highest BCUT2D eigenvalue weighted by Gasteiger charge is 2.20. The van der Waals surface area contributed by atoms with Crippen LogP contribution in [0.15, 0.2) is 0 Å². The summed E-state index contributed by atoms with van der Waals surface area (Å²) in [5, 5.41) is 7.26. The minimum atomic E-state index is 0.392. The molecule has 2 unspecified atom stereocenters. The maximum absolute atomic E-state index is 7.26. The lowest BCUT2D eigenvalue weighted by Crippen LogP contribution is -2.27. The minimum Gasteiger partial charge on any atom is -0.387 e. The molecular weight excluding hydrogens is 124 g/mol. The van der Waals surface area contributed by atoms with Crippen molar-refractivity contribution in [2.75, 3.05) is 0 Å². The molecule has 0 saturated heterocycles. The topological polar surface area (TPSA) is 49.9 Å². The Balaban J connectivity index is 2.39. The van der Waals surface area contributed by atoms with Gasteiger partial charge in [0.05, 0.1) is 5.84 Å². The van der Waals surface area contributed by atoms with Crippen molar-refractivity contribution in [3.05, 3.63) is 0 Å². The van der Waals surface area contributed by atoms with Gasteiger partial charge in [0.15, 0.2) is 0 Å². The molecule has 1 rings (SSSR count). The van der Waals surface area contributed by atoms with Crippen LogP contribution in [0.4, 0.5) is 0 Å². The number of rotatable bonds is 1. The van der Waals surface area contributed by atoms with E-state index in [1.165, 1.54) is 12.8 Å². The molecule has 0 aromatic carbocycles. The second kappa shape index (κ2) is 3.04. The normalized spacial score (nSPS) is 33.7. The SMILES string of the molecule is CC1CCCC(C(=N)N)C1. The number of nitrogens with two attached hydrogens (primary N) is 1. The van der Waals surface area contributed by atoms with Gasteiger partial charge in [-0.3, -0.25) is 5.41 Å². The summed E-state index contributed by atoms with van der Waals surface area (Å²) in [6.45, 7) is 2.25. The van der Waals surface area contributed by atoms with Crippen molar-refractivity contribution >= 4 is 5.84 Å². The van der Waals surface area contributed by atoms with Gasteiger partial charge in [0, 0.05) is 5.92 Å². The highest BCUT2D eigenvalue weighted by atomic mass is 14.7. The Bertz CT molecular complexity index is 131. The first kappa shape index (κ1) is 7.58. The van der Waals surface area contributed by atoms with Gasteiger partial charge < -0.3 is 5.73 Å². The third kappa shape index (κ3) is 1.72. The molecule has 58 valence electrons. The summed E-state index contributed by atoms with van der Waals surface area (Å²) in [6.07, 6.45) is 4.85. The lowest BCUT2D eigenvalue weighted by atomic mass is 9.82. The number of amidine groups is 1. The van der Waals surface area contributed by atoms with Gasteiger partial charge in [0.2, 0.25) is 0 Å². The van der Waals surface area contributed by atoms with Crippen molar-refractivity contribution in [1.29, 1.82) is 5.41 Å². The predicted octanol–water partition coefficient (Wildman–Crippen LogP) is 1.75. The first-order chi connectivity index (χ1) is 4.70. The first-order valence-corrected chi connectivity index (χ1v) is 4.04. The van der Waals surface area contributed by atoms with E-state index in [1.54, 1.807) is 0 Å². The first-order valence-electron chi connectivity index (χ1n) is 4.04. The van der Waals surface area contributed by atoms with E-state index >= 15 is 0 Å². The molecule has 1 aliphatic rings. The molecule has 0 spiro atoms. The summed E-state index contributed by atoms with van der Waals surface area (Å²) in [4.78, 5) is 0. The quantitative estimate of drug-likeness (QED) is 0.423. The molecule has 2 nitrogen and oxygen atoms in total. The molecule has 1 aliphatic carbocycles. The summed E-state index contributed by atoms with van der Waals surface area (Å²) in [6, 6.07) is 0. The van der Waals surface area contributed by atoms with E-state index in [2.05, 4.69) is 6.92 Å². The average molecular weight is 140 g/mol. The summed E-state index contributed by atoms with van der Waals surface area (Å²) in [7, 11) is 0. The zero-order valence-corrected chi connectivity index (χ0v) is 6.56. The summed E-state index contributed by atoms with van der Waals surface area (Å²) >= 11 is 0. The van der Waals surface area contributed by atoms with Crippen LogP contribution >= 0.6 is 0 Å². The predicted molar refractivity (Wildman–Crippen MR) is 43.0 cm³/mol. The average Bonchev–Trinajstić information content (AvgIpc) is 1.88.